The summed E-state index contributed by atoms with van der Waals surface area (Å²) in [4.78, 5) is 10.6. The van der Waals surface area contributed by atoms with Crippen LogP contribution in [0.4, 0.5) is 0 Å². The fourth-order valence-corrected chi connectivity index (χ4v) is 0.371. The van der Waals surface area contributed by atoms with Crippen LogP contribution in [-0.4, -0.2) is 33.0 Å². The van der Waals surface area contributed by atoms with E-state index >= 15 is 0 Å². The zero-order valence-corrected chi connectivity index (χ0v) is 4.53. The molecule has 0 fully saturated rings. The van der Waals surface area contributed by atoms with Crippen molar-refractivity contribution in [3.8, 4) is 0 Å². The molecule has 6 heteroatoms. The van der Waals surface area contributed by atoms with E-state index in [1.807, 2.05) is 0 Å². The van der Waals surface area contributed by atoms with E-state index in [2.05, 4.69) is 20.6 Å². The van der Waals surface area contributed by atoms with Gasteiger partial charge in [0.25, 0.3) is 0 Å². The molecule has 3 N–H and O–H groups in total. The number of Topliss-reactive ketones (excluding diaryl/α,β-unsaturated/α-hetero) is 1. The summed E-state index contributed by atoms with van der Waals surface area (Å²) in [5.41, 5.74) is 4.99. The first-order valence-corrected chi connectivity index (χ1v) is 2.31. The van der Waals surface area contributed by atoms with Crippen LogP contribution in [0.2, 0.25) is 0 Å². The van der Waals surface area contributed by atoms with Gasteiger partial charge in [0.1, 0.15) is 0 Å². The van der Waals surface area contributed by atoms with Gasteiger partial charge in [0.05, 0.1) is 6.54 Å². The molecule has 0 aliphatic carbocycles. The lowest BCUT2D eigenvalue weighted by atomic mass is 10.4. The Morgan fingerprint density at radius 1 is 1.78 bits per heavy atom. The van der Waals surface area contributed by atoms with E-state index < -0.39 is 0 Å². The lowest BCUT2D eigenvalue weighted by Gasteiger charge is -1.82. The second-order valence-corrected chi connectivity index (χ2v) is 1.36. The molecular weight excluding hydrogens is 122 g/mol. The number of aromatic nitrogens is 4. The smallest absolute Gasteiger partial charge is 0.241 e. The number of H-pyrrole nitrogens is 1. The van der Waals surface area contributed by atoms with Gasteiger partial charge in [-0.1, -0.05) is 0 Å². The van der Waals surface area contributed by atoms with Crippen LogP contribution in [0.3, 0.4) is 0 Å². The number of nitrogens with one attached hydrogen (secondary N) is 1. The molecular formula is C3H5N5O. The van der Waals surface area contributed by atoms with Crippen LogP contribution >= 0.6 is 0 Å². The second kappa shape index (κ2) is 2.31. The molecule has 0 saturated heterocycles. The van der Waals surface area contributed by atoms with Gasteiger partial charge in [0.2, 0.25) is 11.6 Å². The first kappa shape index (κ1) is 5.83. The van der Waals surface area contributed by atoms with Crippen molar-refractivity contribution < 1.29 is 4.79 Å². The van der Waals surface area contributed by atoms with Gasteiger partial charge in [-0.15, -0.1) is 10.2 Å². The maximum Gasteiger partial charge on any atom is 0.241 e. The van der Waals surface area contributed by atoms with Gasteiger partial charge in [0, 0.05) is 0 Å². The van der Waals surface area contributed by atoms with Gasteiger partial charge in [-0.3, -0.25) is 4.79 Å². The summed E-state index contributed by atoms with van der Waals surface area (Å²) in [5, 5.41) is 12.1. The van der Waals surface area contributed by atoms with Gasteiger partial charge in [-0.25, -0.2) is 0 Å². The zero-order chi connectivity index (χ0) is 6.69. The standard InChI is InChI=1S/C3H5N5O/c4-1-2(9)3-5-7-8-6-3/h1,4H2,(H,5,6,7,8). The Morgan fingerprint density at radius 3 is 3.00 bits per heavy atom. The highest BCUT2D eigenvalue weighted by molar-refractivity contribution is 5.93. The van der Waals surface area contributed by atoms with Crippen molar-refractivity contribution in [2.75, 3.05) is 6.54 Å². The van der Waals surface area contributed by atoms with E-state index in [0.717, 1.165) is 0 Å². The van der Waals surface area contributed by atoms with E-state index in [0.29, 0.717) is 0 Å². The number of hydrogen-bond acceptors (Lipinski definition) is 5. The summed E-state index contributed by atoms with van der Waals surface area (Å²) < 4.78 is 0. The maximum atomic E-state index is 10.6. The van der Waals surface area contributed by atoms with Crippen molar-refractivity contribution in [1.82, 2.24) is 20.6 Å². The summed E-state index contributed by atoms with van der Waals surface area (Å²) in [6.07, 6.45) is 0. The minimum atomic E-state index is -0.316. The highest BCUT2D eigenvalue weighted by Gasteiger charge is 2.06. The second-order valence-electron chi connectivity index (χ2n) is 1.36. The van der Waals surface area contributed by atoms with Crippen LogP contribution in [0.5, 0.6) is 0 Å². The van der Waals surface area contributed by atoms with Gasteiger partial charge in [-0.05, 0) is 5.21 Å². The number of hydrogen-bond donors (Lipinski definition) is 2. The van der Waals surface area contributed by atoms with Gasteiger partial charge in [0.15, 0.2) is 0 Å². The van der Waals surface area contributed by atoms with E-state index in [-0.39, 0.29) is 18.2 Å². The molecule has 1 rings (SSSR count). The number of ketones is 1. The van der Waals surface area contributed by atoms with Gasteiger partial charge in [-0.2, -0.15) is 5.21 Å². The van der Waals surface area contributed by atoms with Crippen molar-refractivity contribution in [1.29, 1.82) is 0 Å². The third-order valence-electron chi connectivity index (χ3n) is 0.780. The van der Waals surface area contributed by atoms with Crippen LogP contribution in [0.15, 0.2) is 0 Å². The Kier molecular flexibility index (Phi) is 1.50. The number of nitrogens with zero attached hydrogens (tertiary/aromatic N) is 3. The van der Waals surface area contributed by atoms with Crippen molar-refractivity contribution in [3.05, 3.63) is 5.82 Å². The first-order valence-electron chi connectivity index (χ1n) is 2.31. The number of tetrazole rings is 1. The van der Waals surface area contributed by atoms with E-state index in [1.165, 1.54) is 0 Å². The van der Waals surface area contributed by atoms with Crippen LogP contribution in [0.1, 0.15) is 10.6 Å². The average Bonchev–Trinajstić information content (AvgIpc) is 2.37. The molecule has 1 aromatic heterocycles. The minimum Gasteiger partial charge on any atom is -0.324 e. The van der Waals surface area contributed by atoms with Crippen LogP contribution in [0, 0.1) is 0 Å². The number of carbonyl (C=O) groups excluding carboxylic acids is 1. The largest absolute Gasteiger partial charge is 0.324 e. The fourth-order valence-electron chi connectivity index (χ4n) is 0.371. The maximum absolute atomic E-state index is 10.6. The molecule has 0 aromatic carbocycles. The molecule has 6 nitrogen and oxygen atoms in total. The van der Waals surface area contributed by atoms with Crippen LogP contribution in [0.25, 0.3) is 0 Å². The summed E-state index contributed by atoms with van der Waals surface area (Å²) in [7, 11) is 0. The lowest BCUT2D eigenvalue weighted by Crippen LogP contribution is -2.14. The summed E-state index contributed by atoms with van der Waals surface area (Å²) in [6.45, 7) is -0.0838. The summed E-state index contributed by atoms with van der Waals surface area (Å²) in [5.74, 6) is -0.277. The number of rotatable bonds is 2. The Morgan fingerprint density at radius 2 is 2.56 bits per heavy atom. The Hall–Kier alpha value is -1.30. The molecule has 0 saturated carbocycles. The third-order valence-corrected chi connectivity index (χ3v) is 0.780. The highest BCUT2D eigenvalue weighted by Crippen LogP contribution is 1.81. The number of nitrogens with two attached hydrogens (primary N) is 1. The van der Waals surface area contributed by atoms with Crippen molar-refractivity contribution >= 4 is 5.78 Å². The molecule has 0 spiro atoms. The SMILES string of the molecule is NCC(=O)c1nn[nH]n1. The molecule has 48 valence electrons. The lowest BCUT2D eigenvalue weighted by molar-refractivity contribution is 0.0991. The Balaban J connectivity index is 2.77. The molecule has 0 aliphatic heterocycles. The topological polar surface area (TPSA) is 97.5 Å². The quantitative estimate of drug-likeness (QED) is 0.463. The van der Waals surface area contributed by atoms with Gasteiger partial charge >= 0.3 is 0 Å². The Labute approximate surface area is 50.4 Å². The zero-order valence-electron chi connectivity index (χ0n) is 4.53. The minimum absolute atomic E-state index is 0.0394. The monoisotopic (exact) mass is 127 g/mol. The molecule has 0 amide bonds. The molecule has 1 aromatic rings. The van der Waals surface area contributed by atoms with Gasteiger partial charge < -0.3 is 5.73 Å². The van der Waals surface area contributed by atoms with Crippen LogP contribution < -0.4 is 5.73 Å². The molecule has 0 unspecified atom stereocenters. The predicted molar refractivity (Wildman–Crippen MR) is 27.6 cm³/mol. The molecule has 0 radical (unpaired) electrons. The van der Waals surface area contributed by atoms with Crippen LogP contribution in [-0.2, 0) is 0 Å². The molecule has 1 heterocycles. The molecule has 0 bridgehead atoms. The van der Waals surface area contributed by atoms with E-state index in [9.17, 15) is 4.79 Å². The normalized spacial score (nSPS) is 9.44. The summed E-state index contributed by atoms with van der Waals surface area (Å²) >= 11 is 0. The average molecular weight is 127 g/mol. The predicted octanol–water partition coefficient (Wildman–Crippen LogP) is -1.66. The fraction of sp³-hybridized carbons (Fsp3) is 0.333. The van der Waals surface area contributed by atoms with E-state index in [1.54, 1.807) is 0 Å². The molecule has 9 heavy (non-hydrogen) atoms. The molecule has 0 aliphatic rings. The van der Waals surface area contributed by atoms with Crippen molar-refractivity contribution in [2.45, 2.75) is 0 Å². The van der Waals surface area contributed by atoms with Crippen molar-refractivity contribution in [2.24, 2.45) is 5.73 Å². The number of aromatic amines is 1. The van der Waals surface area contributed by atoms with E-state index in [4.69, 9.17) is 5.73 Å². The molecule has 0 atom stereocenters. The number of carbonyl (C=O) groups is 1. The third kappa shape index (κ3) is 1.08. The van der Waals surface area contributed by atoms with Crippen molar-refractivity contribution in [3.63, 3.8) is 0 Å². The summed E-state index contributed by atoms with van der Waals surface area (Å²) in [6, 6.07) is 0. The first-order chi connectivity index (χ1) is 4.34. The highest BCUT2D eigenvalue weighted by atomic mass is 16.1. The Bertz CT molecular complexity index is 192.